The van der Waals surface area contributed by atoms with Crippen molar-refractivity contribution in [1.82, 2.24) is 4.72 Å². The standard InChI is InChI=1S/C12H16Cl2N2O4S/c1-16(2)7-3-6-15-21(19,20)9-5-4-8(13)10(11(9)14)12(17)18/h4-5,15H,3,6-7H2,1-2H3,(H,17,18). The van der Waals surface area contributed by atoms with E-state index in [-0.39, 0.29) is 16.5 Å². The van der Waals surface area contributed by atoms with Crippen LogP contribution in [-0.2, 0) is 10.0 Å². The van der Waals surface area contributed by atoms with Crippen LogP contribution in [0.2, 0.25) is 10.0 Å². The van der Waals surface area contributed by atoms with Crippen LogP contribution in [0.25, 0.3) is 0 Å². The number of carbonyl (C=O) groups is 1. The van der Waals surface area contributed by atoms with Crippen molar-refractivity contribution in [1.29, 1.82) is 0 Å². The second kappa shape index (κ2) is 7.42. The van der Waals surface area contributed by atoms with Gasteiger partial charge in [0.15, 0.2) is 0 Å². The van der Waals surface area contributed by atoms with E-state index in [4.69, 9.17) is 23.2 Å². The summed E-state index contributed by atoms with van der Waals surface area (Å²) in [5.41, 5.74) is -0.529. The van der Waals surface area contributed by atoms with E-state index in [1.54, 1.807) is 0 Å². The molecule has 0 aromatic heterocycles. The number of quaternary nitrogens is 1. The Kier molecular flexibility index (Phi) is 6.42. The Bertz CT molecular complexity index is 632. The van der Waals surface area contributed by atoms with Gasteiger partial charge < -0.3 is 14.8 Å². The normalized spacial score (nSPS) is 11.9. The Hall–Kier alpha value is -0.860. The van der Waals surface area contributed by atoms with E-state index < -0.39 is 26.6 Å². The maximum Gasteiger partial charge on any atom is 0.242 e. The average Bonchev–Trinajstić information content (AvgIpc) is 2.33. The van der Waals surface area contributed by atoms with Gasteiger partial charge in [-0.1, -0.05) is 23.2 Å². The summed E-state index contributed by atoms with van der Waals surface area (Å²) in [6, 6.07) is 2.33. The first kappa shape index (κ1) is 18.2. The Morgan fingerprint density at radius 2 is 1.95 bits per heavy atom. The third-order valence-corrected chi connectivity index (χ3v) is 5.02. The second-order valence-corrected chi connectivity index (χ2v) is 7.25. The molecular formula is C12H16Cl2N2O4S. The molecule has 0 aliphatic rings. The molecule has 0 atom stereocenters. The molecular weight excluding hydrogens is 339 g/mol. The highest BCUT2D eigenvalue weighted by molar-refractivity contribution is 7.89. The predicted octanol–water partition coefficient (Wildman–Crippen LogP) is -0.830. The minimum atomic E-state index is -3.90. The van der Waals surface area contributed by atoms with Gasteiger partial charge in [-0.2, -0.15) is 0 Å². The number of rotatable bonds is 7. The Labute approximate surface area is 133 Å². The summed E-state index contributed by atoms with van der Waals surface area (Å²) in [6.45, 7) is 1.02. The van der Waals surface area contributed by atoms with Crippen molar-refractivity contribution in [3.05, 3.63) is 27.7 Å². The van der Waals surface area contributed by atoms with Crippen LogP contribution in [0.4, 0.5) is 0 Å². The molecule has 0 spiro atoms. The molecule has 0 saturated heterocycles. The van der Waals surface area contributed by atoms with Crippen molar-refractivity contribution in [2.75, 3.05) is 27.2 Å². The fourth-order valence-corrected chi connectivity index (χ4v) is 3.64. The van der Waals surface area contributed by atoms with Crippen molar-refractivity contribution >= 4 is 39.2 Å². The molecule has 1 rings (SSSR count). The fourth-order valence-electron chi connectivity index (χ4n) is 1.65. The number of hydrogen-bond donors (Lipinski definition) is 2. The Morgan fingerprint density at radius 1 is 1.33 bits per heavy atom. The van der Waals surface area contributed by atoms with E-state index >= 15 is 0 Å². The highest BCUT2D eigenvalue weighted by Gasteiger charge is 2.21. The van der Waals surface area contributed by atoms with Gasteiger partial charge >= 0.3 is 0 Å². The first-order valence-corrected chi connectivity index (χ1v) is 8.38. The number of carbonyl (C=O) groups excluding carboxylic acids is 1. The van der Waals surface area contributed by atoms with E-state index in [0.717, 1.165) is 18.7 Å². The quantitative estimate of drug-likeness (QED) is 0.625. The molecule has 0 amide bonds. The van der Waals surface area contributed by atoms with E-state index in [2.05, 4.69) is 4.72 Å². The summed E-state index contributed by atoms with van der Waals surface area (Å²) in [4.78, 5) is 11.8. The molecule has 1 aromatic carbocycles. The van der Waals surface area contributed by atoms with Gasteiger partial charge in [0.25, 0.3) is 0 Å². The van der Waals surface area contributed by atoms with Crippen LogP contribution in [0, 0.1) is 0 Å². The van der Waals surface area contributed by atoms with Crippen LogP contribution in [-0.4, -0.2) is 41.6 Å². The molecule has 0 heterocycles. The SMILES string of the molecule is C[NH+](C)CCCNS(=O)(=O)c1ccc(Cl)c(C(=O)[O-])c1Cl. The van der Waals surface area contributed by atoms with Crippen molar-refractivity contribution in [3.63, 3.8) is 0 Å². The summed E-state index contributed by atoms with van der Waals surface area (Å²) in [5.74, 6) is -1.63. The van der Waals surface area contributed by atoms with Gasteiger partial charge in [0.1, 0.15) is 4.90 Å². The van der Waals surface area contributed by atoms with E-state index in [1.165, 1.54) is 4.90 Å². The van der Waals surface area contributed by atoms with Crippen LogP contribution in [0.15, 0.2) is 17.0 Å². The van der Waals surface area contributed by atoms with Gasteiger partial charge in [-0.25, -0.2) is 13.1 Å². The first-order chi connectivity index (χ1) is 9.66. The molecule has 0 fully saturated rings. The lowest BCUT2D eigenvalue weighted by atomic mass is 10.2. The Morgan fingerprint density at radius 3 is 2.48 bits per heavy atom. The smallest absolute Gasteiger partial charge is 0.242 e. The van der Waals surface area contributed by atoms with Crippen molar-refractivity contribution in [3.8, 4) is 0 Å². The molecule has 21 heavy (non-hydrogen) atoms. The van der Waals surface area contributed by atoms with Crippen molar-refractivity contribution < 1.29 is 23.2 Å². The third kappa shape index (κ3) is 4.82. The summed E-state index contributed by atoms with van der Waals surface area (Å²) in [6.07, 6.45) is 0.639. The van der Waals surface area contributed by atoms with Crippen LogP contribution < -0.4 is 14.7 Å². The lowest BCUT2D eigenvalue weighted by Crippen LogP contribution is -3.05. The first-order valence-electron chi connectivity index (χ1n) is 6.15. The monoisotopic (exact) mass is 354 g/mol. The van der Waals surface area contributed by atoms with Gasteiger partial charge in [0.05, 0.1) is 36.7 Å². The van der Waals surface area contributed by atoms with Gasteiger partial charge in [-0.15, -0.1) is 0 Å². The van der Waals surface area contributed by atoms with Gasteiger partial charge in [-0.3, -0.25) is 0 Å². The lowest BCUT2D eigenvalue weighted by Gasteiger charge is -2.13. The fraction of sp³-hybridized carbons (Fsp3) is 0.417. The number of sulfonamides is 1. The minimum absolute atomic E-state index is 0.171. The van der Waals surface area contributed by atoms with Gasteiger partial charge in [-0.05, 0) is 12.1 Å². The van der Waals surface area contributed by atoms with E-state index in [9.17, 15) is 18.3 Å². The van der Waals surface area contributed by atoms with E-state index in [1.807, 2.05) is 14.1 Å². The zero-order valence-corrected chi connectivity index (χ0v) is 13.9. The zero-order chi connectivity index (χ0) is 16.2. The summed E-state index contributed by atoms with van der Waals surface area (Å²) in [7, 11) is 0.00749. The number of nitrogens with one attached hydrogen (secondary N) is 2. The molecule has 1 aromatic rings. The highest BCUT2D eigenvalue weighted by Crippen LogP contribution is 2.30. The predicted molar refractivity (Wildman–Crippen MR) is 78.3 cm³/mol. The number of carboxylic acids is 1. The zero-order valence-electron chi connectivity index (χ0n) is 11.6. The topological polar surface area (TPSA) is 90.7 Å². The molecule has 0 bridgehead atoms. The molecule has 9 heteroatoms. The molecule has 6 nitrogen and oxygen atoms in total. The van der Waals surface area contributed by atoms with E-state index in [0.29, 0.717) is 6.42 Å². The second-order valence-electron chi connectivity index (χ2n) is 4.73. The lowest BCUT2D eigenvalue weighted by molar-refractivity contribution is -0.858. The van der Waals surface area contributed by atoms with Crippen LogP contribution in [0.1, 0.15) is 16.8 Å². The van der Waals surface area contributed by atoms with Gasteiger partial charge in [0, 0.05) is 18.5 Å². The number of benzene rings is 1. The van der Waals surface area contributed by atoms with Crippen LogP contribution >= 0.6 is 23.2 Å². The molecule has 0 aliphatic heterocycles. The molecule has 2 N–H and O–H groups in total. The van der Waals surface area contributed by atoms with Crippen LogP contribution in [0.3, 0.4) is 0 Å². The average molecular weight is 355 g/mol. The number of carboxylic acid groups (broad SMARTS) is 1. The van der Waals surface area contributed by atoms with Gasteiger partial charge in [0.2, 0.25) is 10.0 Å². The maximum absolute atomic E-state index is 12.1. The minimum Gasteiger partial charge on any atom is -0.545 e. The van der Waals surface area contributed by atoms with Crippen molar-refractivity contribution in [2.24, 2.45) is 0 Å². The Balaban J connectivity index is 2.99. The summed E-state index contributed by atoms with van der Waals surface area (Å²) in [5, 5.41) is 10.3. The molecule has 0 saturated carbocycles. The van der Waals surface area contributed by atoms with Crippen LogP contribution in [0.5, 0.6) is 0 Å². The highest BCUT2D eigenvalue weighted by atomic mass is 35.5. The molecule has 0 unspecified atom stereocenters. The maximum atomic E-state index is 12.1. The third-order valence-electron chi connectivity index (χ3n) is 2.69. The number of hydrogen-bond acceptors (Lipinski definition) is 4. The largest absolute Gasteiger partial charge is 0.545 e. The van der Waals surface area contributed by atoms with Crippen molar-refractivity contribution in [2.45, 2.75) is 11.3 Å². The number of halogens is 2. The number of aromatic carboxylic acids is 1. The summed E-state index contributed by atoms with van der Waals surface area (Å²) >= 11 is 11.5. The molecule has 0 radical (unpaired) electrons. The summed E-state index contributed by atoms with van der Waals surface area (Å²) < 4.78 is 26.6. The molecule has 118 valence electrons. The molecule has 0 aliphatic carbocycles.